The average Bonchev–Trinajstić information content (AvgIpc) is 2.70. The first kappa shape index (κ1) is 21.0. The molecule has 2 aromatic carbocycles. The van der Waals surface area contributed by atoms with Crippen LogP contribution in [0.2, 0.25) is 10.0 Å². The number of amides is 1. The van der Waals surface area contributed by atoms with Crippen molar-refractivity contribution >= 4 is 34.8 Å². The molecule has 2 aromatic rings. The molecule has 1 amide bonds. The summed E-state index contributed by atoms with van der Waals surface area (Å²) >= 11 is 11.9. The van der Waals surface area contributed by atoms with Crippen LogP contribution in [0.5, 0.6) is 0 Å². The van der Waals surface area contributed by atoms with Crippen LogP contribution in [0.15, 0.2) is 48.5 Å². The Bertz CT molecular complexity index is 764. The van der Waals surface area contributed by atoms with E-state index >= 15 is 0 Å². The maximum absolute atomic E-state index is 12.3. The van der Waals surface area contributed by atoms with Gasteiger partial charge in [0.1, 0.15) is 0 Å². The Morgan fingerprint density at radius 2 is 1.71 bits per heavy atom. The molecular weight excluding hydrogens is 393 g/mol. The van der Waals surface area contributed by atoms with Gasteiger partial charge in [-0.3, -0.25) is 9.69 Å². The molecule has 1 aliphatic rings. The topological polar surface area (TPSA) is 44.4 Å². The van der Waals surface area contributed by atoms with E-state index in [1.54, 1.807) is 0 Å². The van der Waals surface area contributed by atoms with E-state index in [1.165, 1.54) is 5.56 Å². The SMILES string of the molecule is CC[C@H]1C[C@@H](NC(=O)CNc2ccc(Cl)cc2)CCN1Cc1ccc(Cl)cc1. The van der Waals surface area contributed by atoms with E-state index in [0.717, 1.165) is 43.1 Å². The molecule has 0 unspecified atom stereocenters. The molecule has 28 heavy (non-hydrogen) atoms. The molecule has 1 fully saturated rings. The van der Waals surface area contributed by atoms with Crippen molar-refractivity contribution in [3.63, 3.8) is 0 Å². The lowest BCUT2D eigenvalue weighted by atomic mass is 9.94. The van der Waals surface area contributed by atoms with E-state index in [9.17, 15) is 4.79 Å². The summed E-state index contributed by atoms with van der Waals surface area (Å²) in [5.41, 5.74) is 2.17. The highest BCUT2D eigenvalue weighted by Gasteiger charge is 2.28. The van der Waals surface area contributed by atoms with E-state index in [-0.39, 0.29) is 18.5 Å². The molecule has 0 aliphatic carbocycles. The Hall–Kier alpha value is -1.75. The standard InChI is InChI=1S/C22H27Cl2N3O/c1-2-21-13-20(11-12-27(21)15-16-3-5-17(23)6-4-16)26-22(28)14-25-19-9-7-18(24)8-10-19/h3-10,20-21,25H,2,11-15H2,1H3,(H,26,28)/t20-,21-/m0/s1. The number of hydrogen-bond acceptors (Lipinski definition) is 3. The normalized spacial score (nSPS) is 20.0. The Balaban J connectivity index is 1.46. The van der Waals surface area contributed by atoms with Gasteiger partial charge >= 0.3 is 0 Å². The van der Waals surface area contributed by atoms with E-state index in [1.807, 2.05) is 36.4 Å². The Kier molecular flexibility index (Phi) is 7.60. The first-order chi connectivity index (χ1) is 13.5. The van der Waals surface area contributed by atoms with Crippen LogP contribution in [0, 0.1) is 0 Å². The number of piperidine rings is 1. The van der Waals surface area contributed by atoms with Crippen LogP contribution < -0.4 is 10.6 Å². The van der Waals surface area contributed by atoms with Crippen LogP contribution in [-0.4, -0.2) is 36.0 Å². The molecule has 150 valence electrons. The summed E-state index contributed by atoms with van der Waals surface area (Å²) in [7, 11) is 0. The number of likely N-dealkylation sites (tertiary alicyclic amines) is 1. The molecule has 0 radical (unpaired) electrons. The molecule has 0 saturated carbocycles. The Labute approximate surface area is 177 Å². The van der Waals surface area contributed by atoms with Gasteiger partial charge in [0.25, 0.3) is 0 Å². The largest absolute Gasteiger partial charge is 0.376 e. The number of carbonyl (C=O) groups is 1. The molecule has 1 saturated heterocycles. The molecule has 2 atom stereocenters. The van der Waals surface area contributed by atoms with Crippen LogP contribution in [0.4, 0.5) is 5.69 Å². The number of hydrogen-bond donors (Lipinski definition) is 2. The van der Waals surface area contributed by atoms with Gasteiger partial charge in [0, 0.05) is 40.9 Å². The zero-order chi connectivity index (χ0) is 19.9. The fourth-order valence-corrected chi connectivity index (χ4v) is 3.97. The van der Waals surface area contributed by atoms with Crippen LogP contribution in [0.3, 0.4) is 0 Å². The number of nitrogens with zero attached hydrogens (tertiary/aromatic N) is 1. The maximum Gasteiger partial charge on any atom is 0.239 e. The molecule has 1 heterocycles. The first-order valence-electron chi connectivity index (χ1n) is 9.80. The smallest absolute Gasteiger partial charge is 0.239 e. The Morgan fingerprint density at radius 3 is 2.36 bits per heavy atom. The summed E-state index contributed by atoms with van der Waals surface area (Å²) < 4.78 is 0. The number of benzene rings is 2. The van der Waals surface area contributed by atoms with E-state index in [2.05, 4.69) is 34.6 Å². The van der Waals surface area contributed by atoms with Crippen molar-refractivity contribution in [2.24, 2.45) is 0 Å². The van der Waals surface area contributed by atoms with Gasteiger partial charge in [-0.1, -0.05) is 42.3 Å². The minimum absolute atomic E-state index is 0.0287. The van der Waals surface area contributed by atoms with Crippen molar-refractivity contribution in [2.75, 3.05) is 18.4 Å². The number of rotatable bonds is 7. The van der Waals surface area contributed by atoms with Gasteiger partial charge in [-0.25, -0.2) is 0 Å². The quantitative estimate of drug-likeness (QED) is 0.665. The number of anilines is 1. The summed E-state index contributed by atoms with van der Waals surface area (Å²) in [6.07, 6.45) is 3.02. The lowest BCUT2D eigenvalue weighted by Gasteiger charge is -2.39. The number of halogens is 2. The monoisotopic (exact) mass is 419 g/mol. The summed E-state index contributed by atoms with van der Waals surface area (Å²) in [6.45, 7) is 4.39. The molecule has 0 bridgehead atoms. The minimum atomic E-state index is 0.0287. The fraction of sp³-hybridized carbons (Fsp3) is 0.409. The number of carbonyl (C=O) groups excluding carboxylic acids is 1. The van der Waals surface area contributed by atoms with Crippen LogP contribution in [0.25, 0.3) is 0 Å². The minimum Gasteiger partial charge on any atom is -0.376 e. The maximum atomic E-state index is 12.3. The van der Waals surface area contributed by atoms with Crippen molar-refractivity contribution in [3.05, 3.63) is 64.1 Å². The third-order valence-corrected chi connectivity index (χ3v) is 5.77. The van der Waals surface area contributed by atoms with Crippen molar-refractivity contribution in [3.8, 4) is 0 Å². The molecule has 0 aromatic heterocycles. The third-order valence-electron chi connectivity index (χ3n) is 5.27. The molecule has 6 heteroatoms. The van der Waals surface area contributed by atoms with Crippen molar-refractivity contribution in [1.82, 2.24) is 10.2 Å². The summed E-state index contributed by atoms with van der Waals surface area (Å²) in [4.78, 5) is 14.8. The van der Waals surface area contributed by atoms with Gasteiger partial charge in [0.2, 0.25) is 5.91 Å². The van der Waals surface area contributed by atoms with Gasteiger partial charge in [-0.2, -0.15) is 0 Å². The predicted molar refractivity (Wildman–Crippen MR) is 117 cm³/mol. The summed E-state index contributed by atoms with van der Waals surface area (Å²) in [5, 5.41) is 7.78. The highest BCUT2D eigenvalue weighted by Crippen LogP contribution is 2.23. The lowest BCUT2D eigenvalue weighted by Crippen LogP contribution is -2.50. The summed E-state index contributed by atoms with van der Waals surface area (Å²) in [6, 6.07) is 16.1. The predicted octanol–water partition coefficient (Wildman–Crippen LogP) is 4.96. The van der Waals surface area contributed by atoms with Crippen molar-refractivity contribution < 1.29 is 4.79 Å². The molecule has 0 spiro atoms. The van der Waals surface area contributed by atoms with E-state index < -0.39 is 0 Å². The van der Waals surface area contributed by atoms with Crippen LogP contribution in [-0.2, 0) is 11.3 Å². The Morgan fingerprint density at radius 1 is 1.07 bits per heavy atom. The van der Waals surface area contributed by atoms with Gasteiger partial charge in [-0.15, -0.1) is 0 Å². The van der Waals surface area contributed by atoms with Gasteiger partial charge in [0.15, 0.2) is 0 Å². The molecule has 4 nitrogen and oxygen atoms in total. The molecule has 1 aliphatic heterocycles. The first-order valence-corrected chi connectivity index (χ1v) is 10.6. The molecule has 2 N–H and O–H groups in total. The van der Waals surface area contributed by atoms with Crippen LogP contribution in [0.1, 0.15) is 31.7 Å². The average molecular weight is 420 g/mol. The molecule has 3 rings (SSSR count). The lowest BCUT2D eigenvalue weighted by molar-refractivity contribution is -0.120. The number of nitrogens with one attached hydrogen (secondary N) is 2. The molecular formula is C22H27Cl2N3O. The van der Waals surface area contributed by atoms with Crippen molar-refractivity contribution in [2.45, 2.75) is 44.8 Å². The van der Waals surface area contributed by atoms with Crippen molar-refractivity contribution in [1.29, 1.82) is 0 Å². The van der Waals surface area contributed by atoms with Gasteiger partial charge < -0.3 is 10.6 Å². The second kappa shape index (κ2) is 10.1. The van der Waals surface area contributed by atoms with Gasteiger partial charge in [-0.05, 0) is 61.2 Å². The van der Waals surface area contributed by atoms with E-state index in [0.29, 0.717) is 11.1 Å². The zero-order valence-electron chi connectivity index (χ0n) is 16.1. The zero-order valence-corrected chi connectivity index (χ0v) is 17.6. The fourth-order valence-electron chi connectivity index (χ4n) is 3.72. The van der Waals surface area contributed by atoms with E-state index in [4.69, 9.17) is 23.2 Å². The summed E-state index contributed by atoms with van der Waals surface area (Å²) in [5.74, 6) is 0.0287. The van der Waals surface area contributed by atoms with Crippen LogP contribution >= 0.6 is 23.2 Å². The van der Waals surface area contributed by atoms with Gasteiger partial charge in [0.05, 0.1) is 6.54 Å². The highest BCUT2D eigenvalue weighted by atomic mass is 35.5. The third kappa shape index (κ3) is 6.13. The second-order valence-corrected chi connectivity index (χ2v) is 8.18. The highest BCUT2D eigenvalue weighted by molar-refractivity contribution is 6.30. The second-order valence-electron chi connectivity index (χ2n) is 7.31.